The summed E-state index contributed by atoms with van der Waals surface area (Å²) in [4.78, 5) is 3.98. The van der Waals surface area contributed by atoms with E-state index in [1.807, 2.05) is 12.1 Å². The van der Waals surface area contributed by atoms with Crippen LogP contribution in [-0.2, 0) is 0 Å². The van der Waals surface area contributed by atoms with Crippen LogP contribution in [0.5, 0.6) is 0 Å². The van der Waals surface area contributed by atoms with Crippen LogP contribution in [0.2, 0.25) is 0 Å². The molecule has 0 fully saturated rings. The molecule has 0 bridgehead atoms. The molecule has 0 aliphatic rings. The SMILES string of the molecule is N=C(CCC#Cc1ccc(C(=N)N)cc1)CCCCCCCCCN=C(N)N. The second kappa shape index (κ2) is 14.3. The van der Waals surface area contributed by atoms with E-state index in [0.717, 1.165) is 43.5 Å². The van der Waals surface area contributed by atoms with Crippen molar-refractivity contribution in [3.05, 3.63) is 35.4 Å². The summed E-state index contributed by atoms with van der Waals surface area (Å²) in [5, 5.41) is 15.4. The van der Waals surface area contributed by atoms with Crippen molar-refractivity contribution < 1.29 is 0 Å². The Labute approximate surface area is 169 Å². The Bertz CT molecular complexity index is 690. The number of amidine groups is 1. The molecule has 0 radical (unpaired) electrons. The van der Waals surface area contributed by atoms with Gasteiger partial charge in [0.1, 0.15) is 5.84 Å². The Balaban J connectivity index is 2.03. The third-order valence-corrected chi connectivity index (χ3v) is 4.41. The van der Waals surface area contributed by atoms with Gasteiger partial charge in [-0.05, 0) is 37.8 Å². The van der Waals surface area contributed by atoms with Crippen molar-refractivity contribution in [3.8, 4) is 11.8 Å². The number of nitrogens with one attached hydrogen (secondary N) is 2. The number of hydrogen-bond acceptors (Lipinski definition) is 3. The van der Waals surface area contributed by atoms with Crippen molar-refractivity contribution in [2.75, 3.05) is 6.54 Å². The van der Waals surface area contributed by atoms with Gasteiger partial charge in [-0.3, -0.25) is 10.4 Å². The largest absolute Gasteiger partial charge is 0.384 e. The van der Waals surface area contributed by atoms with Gasteiger partial charge in [-0.2, -0.15) is 0 Å². The predicted molar refractivity (Wildman–Crippen MR) is 119 cm³/mol. The first-order chi connectivity index (χ1) is 13.5. The van der Waals surface area contributed by atoms with Crippen LogP contribution >= 0.6 is 0 Å². The molecular weight excluding hydrogens is 348 g/mol. The van der Waals surface area contributed by atoms with Crippen LogP contribution < -0.4 is 17.2 Å². The van der Waals surface area contributed by atoms with E-state index in [0.29, 0.717) is 12.0 Å². The fourth-order valence-corrected chi connectivity index (χ4v) is 2.78. The lowest BCUT2D eigenvalue weighted by molar-refractivity contribution is 0.586. The minimum Gasteiger partial charge on any atom is -0.384 e. The fraction of sp³-hybridized carbons (Fsp3) is 0.500. The van der Waals surface area contributed by atoms with Gasteiger partial charge in [0, 0.05) is 29.8 Å². The zero-order chi connectivity index (χ0) is 20.6. The Morgan fingerprint density at radius 1 is 0.821 bits per heavy atom. The number of unbranched alkanes of at least 4 members (excludes halogenated alkanes) is 6. The molecule has 0 saturated heterocycles. The Morgan fingerprint density at radius 2 is 1.43 bits per heavy atom. The van der Waals surface area contributed by atoms with Gasteiger partial charge < -0.3 is 22.6 Å². The smallest absolute Gasteiger partial charge is 0.185 e. The number of guanidine groups is 1. The summed E-state index contributed by atoms with van der Waals surface area (Å²) in [6, 6.07) is 7.35. The van der Waals surface area contributed by atoms with E-state index < -0.39 is 0 Å². The summed E-state index contributed by atoms with van der Waals surface area (Å²) < 4.78 is 0. The molecule has 0 aromatic heterocycles. The molecule has 0 heterocycles. The summed E-state index contributed by atoms with van der Waals surface area (Å²) >= 11 is 0. The zero-order valence-corrected chi connectivity index (χ0v) is 16.8. The van der Waals surface area contributed by atoms with Crippen LogP contribution in [0.25, 0.3) is 0 Å². The molecule has 28 heavy (non-hydrogen) atoms. The van der Waals surface area contributed by atoms with Crippen molar-refractivity contribution >= 4 is 17.5 Å². The van der Waals surface area contributed by atoms with Crippen LogP contribution in [0.4, 0.5) is 0 Å². The lowest BCUT2D eigenvalue weighted by atomic mass is 10.0. The molecule has 0 saturated carbocycles. The second-order valence-corrected chi connectivity index (χ2v) is 6.93. The van der Waals surface area contributed by atoms with Gasteiger partial charge in [0.25, 0.3) is 0 Å². The highest BCUT2D eigenvalue weighted by molar-refractivity contribution is 5.94. The van der Waals surface area contributed by atoms with E-state index in [9.17, 15) is 0 Å². The number of aliphatic imine (C=N–C) groups is 1. The number of benzene rings is 1. The van der Waals surface area contributed by atoms with Gasteiger partial charge in [0.2, 0.25) is 0 Å². The molecule has 0 aliphatic heterocycles. The maximum Gasteiger partial charge on any atom is 0.185 e. The molecule has 8 N–H and O–H groups in total. The monoisotopic (exact) mass is 382 g/mol. The quantitative estimate of drug-likeness (QED) is 0.154. The molecule has 0 atom stereocenters. The van der Waals surface area contributed by atoms with Crippen LogP contribution in [0.1, 0.15) is 75.3 Å². The number of hydrogen-bond donors (Lipinski definition) is 5. The van der Waals surface area contributed by atoms with Crippen LogP contribution in [0.3, 0.4) is 0 Å². The van der Waals surface area contributed by atoms with E-state index >= 15 is 0 Å². The lowest BCUT2D eigenvalue weighted by Crippen LogP contribution is -2.22. The minimum atomic E-state index is 0.0656. The average molecular weight is 383 g/mol. The summed E-state index contributed by atoms with van der Waals surface area (Å²) in [6.07, 6.45) is 10.5. The zero-order valence-electron chi connectivity index (χ0n) is 16.8. The normalized spacial score (nSPS) is 10.0. The third-order valence-electron chi connectivity index (χ3n) is 4.41. The molecule has 6 nitrogen and oxygen atoms in total. The number of nitrogen functional groups attached to an aromatic ring is 1. The van der Waals surface area contributed by atoms with Crippen molar-refractivity contribution in [3.63, 3.8) is 0 Å². The standard InChI is InChI=1S/C22H34N6/c23-20(11-6-4-2-1-3-5-9-17-28-22(26)27)12-8-7-10-18-13-15-19(16-14-18)21(24)25/h13-16,23H,1-6,8-9,11-12,17H2,(H3,24,25)(H4,26,27,28). The van der Waals surface area contributed by atoms with E-state index in [-0.39, 0.29) is 11.8 Å². The first-order valence-corrected chi connectivity index (χ1v) is 10.0. The number of rotatable bonds is 13. The predicted octanol–water partition coefficient (Wildman–Crippen LogP) is 3.52. The lowest BCUT2D eigenvalue weighted by Gasteiger charge is -2.03. The molecule has 0 amide bonds. The highest BCUT2D eigenvalue weighted by Gasteiger charge is 1.98. The van der Waals surface area contributed by atoms with Crippen LogP contribution in [0, 0.1) is 22.7 Å². The minimum absolute atomic E-state index is 0.0656. The Morgan fingerprint density at radius 3 is 2.04 bits per heavy atom. The van der Waals surface area contributed by atoms with Crippen LogP contribution in [0.15, 0.2) is 29.3 Å². The van der Waals surface area contributed by atoms with Gasteiger partial charge in [-0.25, -0.2) is 0 Å². The number of nitrogens with zero attached hydrogens (tertiary/aromatic N) is 1. The highest BCUT2D eigenvalue weighted by atomic mass is 15.0. The molecule has 6 heteroatoms. The van der Waals surface area contributed by atoms with E-state index in [4.69, 9.17) is 28.0 Å². The summed E-state index contributed by atoms with van der Waals surface area (Å²) in [7, 11) is 0. The van der Waals surface area contributed by atoms with Crippen LogP contribution in [-0.4, -0.2) is 24.1 Å². The van der Waals surface area contributed by atoms with Crippen molar-refractivity contribution in [1.82, 2.24) is 0 Å². The molecule has 0 spiro atoms. The summed E-state index contributed by atoms with van der Waals surface area (Å²) in [5.41, 5.74) is 18.4. The fourth-order valence-electron chi connectivity index (χ4n) is 2.78. The van der Waals surface area contributed by atoms with Gasteiger partial charge in [0.05, 0.1) is 0 Å². The van der Waals surface area contributed by atoms with Gasteiger partial charge >= 0.3 is 0 Å². The molecule has 0 aliphatic carbocycles. The number of nitrogens with two attached hydrogens (primary N) is 3. The van der Waals surface area contributed by atoms with Gasteiger partial charge in [-0.1, -0.05) is 56.1 Å². The Hall–Kier alpha value is -2.81. The molecule has 0 unspecified atom stereocenters. The van der Waals surface area contributed by atoms with Crippen molar-refractivity contribution in [2.45, 2.75) is 64.2 Å². The summed E-state index contributed by atoms with van der Waals surface area (Å²) in [5.74, 6) is 6.46. The van der Waals surface area contributed by atoms with E-state index in [2.05, 4.69) is 16.8 Å². The first kappa shape index (κ1) is 23.2. The maximum atomic E-state index is 8.04. The second-order valence-electron chi connectivity index (χ2n) is 6.93. The topological polar surface area (TPSA) is 138 Å². The average Bonchev–Trinajstić information content (AvgIpc) is 2.66. The van der Waals surface area contributed by atoms with Gasteiger partial charge in [0.15, 0.2) is 5.96 Å². The van der Waals surface area contributed by atoms with E-state index in [1.54, 1.807) is 12.1 Å². The molecule has 1 aromatic carbocycles. The summed E-state index contributed by atoms with van der Waals surface area (Å²) in [6.45, 7) is 0.728. The molecule has 152 valence electrons. The van der Waals surface area contributed by atoms with Crippen molar-refractivity contribution in [1.29, 1.82) is 10.8 Å². The molecule has 1 rings (SSSR count). The molecule has 1 aromatic rings. The Kier molecular flexibility index (Phi) is 11.8. The van der Waals surface area contributed by atoms with Crippen molar-refractivity contribution in [2.24, 2.45) is 22.2 Å². The third kappa shape index (κ3) is 11.7. The first-order valence-electron chi connectivity index (χ1n) is 10.0. The highest BCUT2D eigenvalue weighted by Crippen LogP contribution is 2.10. The maximum absolute atomic E-state index is 8.04. The van der Waals surface area contributed by atoms with Gasteiger partial charge in [-0.15, -0.1) is 0 Å². The molecular formula is C22H34N6. The van der Waals surface area contributed by atoms with E-state index in [1.165, 1.54) is 32.1 Å².